The molecule has 1 aliphatic rings. The first-order chi connectivity index (χ1) is 5.22. The Labute approximate surface area is 66.2 Å². The molecule has 0 atom stereocenters. The Morgan fingerprint density at radius 1 is 1.64 bits per heavy atom. The number of hydrogen-bond acceptors (Lipinski definition) is 2. The molecule has 0 aromatic carbocycles. The normalized spacial score (nSPS) is 21.3. The van der Waals surface area contributed by atoms with Gasteiger partial charge in [0.05, 0.1) is 11.2 Å². The highest BCUT2D eigenvalue weighted by Crippen LogP contribution is 2.37. The summed E-state index contributed by atoms with van der Waals surface area (Å²) in [5, 5.41) is 4.10. The first-order valence-electron chi connectivity index (χ1n) is 4.00. The Bertz CT molecular complexity index is 260. The Morgan fingerprint density at radius 2 is 2.36 bits per heavy atom. The Balaban J connectivity index is 2.35. The van der Waals surface area contributed by atoms with Gasteiger partial charge in [0, 0.05) is 13.2 Å². The molecule has 0 saturated heterocycles. The molecule has 0 amide bonds. The molecule has 11 heavy (non-hydrogen) atoms. The van der Waals surface area contributed by atoms with Gasteiger partial charge in [0.25, 0.3) is 0 Å². The van der Waals surface area contributed by atoms with Gasteiger partial charge in [0.1, 0.15) is 0 Å². The van der Waals surface area contributed by atoms with Crippen molar-refractivity contribution in [1.82, 2.24) is 9.78 Å². The molecule has 0 spiro atoms. The molecule has 1 aliphatic carbocycles. The average Bonchev–Trinajstić information content (AvgIpc) is 2.30. The second-order valence-electron chi connectivity index (χ2n) is 3.35. The lowest BCUT2D eigenvalue weighted by atomic mass is 9.75. The van der Waals surface area contributed by atoms with Crippen molar-refractivity contribution in [3.8, 4) is 0 Å². The van der Waals surface area contributed by atoms with E-state index in [1.807, 2.05) is 24.0 Å². The van der Waals surface area contributed by atoms with Gasteiger partial charge < -0.3 is 5.73 Å². The monoisotopic (exact) mass is 151 g/mol. The minimum absolute atomic E-state index is 0.0642. The van der Waals surface area contributed by atoms with Crippen molar-refractivity contribution >= 4 is 0 Å². The molecule has 1 fully saturated rings. The minimum Gasteiger partial charge on any atom is -0.320 e. The van der Waals surface area contributed by atoms with Crippen LogP contribution in [0.5, 0.6) is 0 Å². The van der Waals surface area contributed by atoms with E-state index in [1.165, 1.54) is 12.1 Å². The molecule has 2 rings (SSSR count). The van der Waals surface area contributed by atoms with E-state index in [-0.39, 0.29) is 5.54 Å². The number of aryl methyl sites for hydroxylation is 1. The lowest BCUT2D eigenvalue weighted by Gasteiger charge is -2.37. The summed E-state index contributed by atoms with van der Waals surface area (Å²) in [6.45, 7) is 0. The lowest BCUT2D eigenvalue weighted by Crippen LogP contribution is -2.44. The maximum atomic E-state index is 6.11. The van der Waals surface area contributed by atoms with Gasteiger partial charge in [0.15, 0.2) is 0 Å². The maximum absolute atomic E-state index is 6.11. The lowest BCUT2D eigenvalue weighted by molar-refractivity contribution is 0.237. The smallest absolute Gasteiger partial charge is 0.0580 e. The van der Waals surface area contributed by atoms with Crippen LogP contribution in [-0.2, 0) is 12.6 Å². The van der Waals surface area contributed by atoms with Crippen LogP contribution in [0.2, 0.25) is 0 Å². The molecule has 1 aromatic rings. The van der Waals surface area contributed by atoms with Crippen LogP contribution in [-0.4, -0.2) is 9.78 Å². The van der Waals surface area contributed by atoms with Gasteiger partial charge in [-0.2, -0.15) is 5.10 Å². The third-order valence-corrected chi connectivity index (χ3v) is 2.58. The van der Waals surface area contributed by atoms with Gasteiger partial charge in [-0.05, 0) is 25.3 Å². The summed E-state index contributed by atoms with van der Waals surface area (Å²) in [7, 11) is 1.95. The standard InChI is InChI=1S/C8H13N3/c1-11-7(3-6-10-11)8(9)4-2-5-8/h3,6H,2,4-5,9H2,1H3. The number of nitrogens with zero attached hydrogens (tertiary/aromatic N) is 2. The summed E-state index contributed by atoms with van der Waals surface area (Å²) >= 11 is 0. The van der Waals surface area contributed by atoms with Crippen LogP contribution in [0.15, 0.2) is 12.3 Å². The fourth-order valence-electron chi connectivity index (χ4n) is 1.68. The van der Waals surface area contributed by atoms with E-state index < -0.39 is 0 Å². The van der Waals surface area contributed by atoms with E-state index in [9.17, 15) is 0 Å². The summed E-state index contributed by atoms with van der Waals surface area (Å²) in [6, 6.07) is 2.01. The van der Waals surface area contributed by atoms with Crippen molar-refractivity contribution in [2.24, 2.45) is 12.8 Å². The summed E-state index contributed by atoms with van der Waals surface area (Å²) in [5.41, 5.74) is 7.21. The fraction of sp³-hybridized carbons (Fsp3) is 0.625. The van der Waals surface area contributed by atoms with Crippen molar-refractivity contribution in [2.75, 3.05) is 0 Å². The van der Waals surface area contributed by atoms with Crippen LogP contribution < -0.4 is 5.73 Å². The van der Waals surface area contributed by atoms with E-state index in [0.29, 0.717) is 0 Å². The van der Waals surface area contributed by atoms with Crippen molar-refractivity contribution < 1.29 is 0 Å². The molecule has 1 heterocycles. The summed E-state index contributed by atoms with van der Waals surface area (Å²) in [5.74, 6) is 0. The zero-order valence-corrected chi connectivity index (χ0v) is 6.75. The topological polar surface area (TPSA) is 43.8 Å². The third-order valence-electron chi connectivity index (χ3n) is 2.58. The van der Waals surface area contributed by atoms with Gasteiger partial charge in [-0.25, -0.2) is 0 Å². The van der Waals surface area contributed by atoms with E-state index in [2.05, 4.69) is 5.10 Å². The van der Waals surface area contributed by atoms with Crippen LogP contribution >= 0.6 is 0 Å². The molecule has 1 saturated carbocycles. The molecule has 2 N–H and O–H groups in total. The molecule has 0 aliphatic heterocycles. The van der Waals surface area contributed by atoms with Crippen molar-refractivity contribution in [1.29, 1.82) is 0 Å². The van der Waals surface area contributed by atoms with E-state index in [1.54, 1.807) is 0 Å². The molecule has 0 bridgehead atoms. The van der Waals surface area contributed by atoms with Crippen LogP contribution in [0.1, 0.15) is 25.0 Å². The van der Waals surface area contributed by atoms with Crippen molar-refractivity contribution in [2.45, 2.75) is 24.8 Å². The molecule has 0 radical (unpaired) electrons. The SMILES string of the molecule is Cn1nccc1C1(N)CCC1. The Kier molecular flexibility index (Phi) is 1.29. The second kappa shape index (κ2) is 2.08. The first-order valence-corrected chi connectivity index (χ1v) is 4.00. The van der Waals surface area contributed by atoms with Crippen molar-refractivity contribution in [3.05, 3.63) is 18.0 Å². The molecule has 1 aromatic heterocycles. The molecule has 3 nitrogen and oxygen atoms in total. The summed E-state index contributed by atoms with van der Waals surface area (Å²) in [6.07, 6.45) is 5.27. The number of hydrogen-bond donors (Lipinski definition) is 1. The Morgan fingerprint density at radius 3 is 2.73 bits per heavy atom. The summed E-state index contributed by atoms with van der Waals surface area (Å²) in [4.78, 5) is 0. The van der Waals surface area contributed by atoms with Gasteiger partial charge in [-0.15, -0.1) is 0 Å². The van der Waals surface area contributed by atoms with Crippen LogP contribution in [0.4, 0.5) is 0 Å². The molecule has 60 valence electrons. The highest BCUT2D eigenvalue weighted by molar-refractivity contribution is 5.17. The van der Waals surface area contributed by atoms with Crippen LogP contribution in [0, 0.1) is 0 Å². The van der Waals surface area contributed by atoms with Crippen LogP contribution in [0.3, 0.4) is 0 Å². The van der Waals surface area contributed by atoms with Gasteiger partial charge in [0.2, 0.25) is 0 Å². The fourth-order valence-corrected chi connectivity index (χ4v) is 1.68. The zero-order valence-electron chi connectivity index (χ0n) is 6.75. The van der Waals surface area contributed by atoms with Gasteiger partial charge in [-0.1, -0.05) is 0 Å². The number of rotatable bonds is 1. The van der Waals surface area contributed by atoms with E-state index in [0.717, 1.165) is 12.8 Å². The molecular formula is C8H13N3. The average molecular weight is 151 g/mol. The Hall–Kier alpha value is -0.830. The zero-order chi connectivity index (χ0) is 7.90. The number of nitrogens with two attached hydrogens (primary N) is 1. The predicted molar refractivity (Wildman–Crippen MR) is 42.9 cm³/mol. The maximum Gasteiger partial charge on any atom is 0.0580 e. The summed E-state index contributed by atoms with van der Waals surface area (Å²) < 4.78 is 1.87. The van der Waals surface area contributed by atoms with Gasteiger partial charge in [-0.3, -0.25) is 4.68 Å². The first kappa shape index (κ1) is 6.85. The van der Waals surface area contributed by atoms with E-state index >= 15 is 0 Å². The van der Waals surface area contributed by atoms with Crippen molar-refractivity contribution in [3.63, 3.8) is 0 Å². The second-order valence-corrected chi connectivity index (χ2v) is 3.35. The predicted octanol–water partition coefficient (Wildman–Crippen LogP) is 0.758. The molecule has 0 unspecified atom stereocenters. The van der Waals surface area contributed by atoms with Crippen LogP contribution in [0.25, 0.3) is 0 Å². The third kappa shape index (κ3) is 0.878. The highest BCUT2D eigenvalue weighted by atomic mass is 15.3. The quantitative estimate of drug-likeness (QED) is 0.644. The largest absolute Gasteiger partial charge is 0.320 e. The molecular weight excluding hydrogens is 138 g/mol. The highest BCUT2D eigenvalue weighted by Gasteiger charge is 2.36. The van der Waals surface area contributed by atoms with Gasteiger partial charge >= 0.3 is 0 Å². The van der Waals surface area contributed by atoms with E-state index in [4.69, 9.17) is 5.73 Å². The minimum atomic E-state index is -0.0642. The molecule has 3 heteroatoms. The number of aromatic nitrogens is 2.